The van der Waals surface area contributed by atoms with E-state index < -0.39 is 17.5 Å². The molecule has 0 aliphatic carbocycles. The van der Waals surface area contributed by atoms with Crippen LogP contribution in [0.1, 0.15) is 67.5 Å². The molecule has 3 N–H and O–H groups in total. The molecule has 0 saturated carbocycles. The highest BCUT2D eigenvalue weighted by Crippen LogP contribution is 2.34. The first-order valence-corrected chi connectivity index (χ1v) is 10.2. The Balaban J connectivity index is 2.89. The number of aryl methyl sites for hydroxylation is 2. The highest BCUT2D eigenvalue weighted by molar-refractivity contribution is 6.02. The summed E-state index contributed by atoms with van der Waals surface area (Å²) in [4.78, 5) is 30.6. The Morgan fingerprint density at radius 3 is 2.13 bits per heavy atom. The molecule has 2 amide bonds. The summed E-state index contributed by atoms with van der Waals surface area (Å²) in [6.07, 6.45) is -0.347. The van der Waals surface area contributed by atoms with Crippen LogP contribution in [0.3, 0.4) is 0 Å². The van der Waals surface area contributed by atoms with Crippen LogP contribution in [0.5, 0.6) is 0 Å². The van der Waals surface area contributed by atoms with Crippen molar-refractivity contribution in [3.05, 3.63) is 52.3 Å². The van der Waals surface area contributed by atoms with E-state index >= 15 is 0 Å². The number of nitrogens with zero attached hydrogens (tertiary/aromatic N) is 2. The summed E-state index contributed by atoms with van der Waals surface area (Å²) >= 11 is 0. The third-order valence-electron chi connectivity index (χ3n) is 5.11. The largest absolute Gasteiger partial charge is 0.465 e. The molecular formula is C24H33N3O3. The molecule has 0 bridgehead atoms. The van der Waals surface area contributed by atoms with Crippen molar-refractivity contribution in [1.82, 2.24) is 9.88 Å². The predicted octanol–water partition coefficient (Wildman–Crippen LogP) is 4.94. The molecule has 6 heteroatoms. The van der Waals surface area contributed by atoms with E-state index in [9.17, 15) is 14.7 Å². The van der Waals surface area contributed by atoms with Gasteiger partial charge in [0.15, 0.2) is 0 Å². The molecule has 0 radical (unpaired) electrons. The van der Waals surface area contributed by atoms with Crippen molar-refractivity contribution in [3.8, 4) is 11.1 Å². The van der Waals surface area contributed by atoms with Gasteiger partial charge in [-0.15, -0.1) is 0 Å². The Morgan fingerprint density at radius 2 is 1.70 bits per heavy atom. The third-order valence-corrected chi connectivity index (χ3v) is 5.11. The van der Waals surface area contributed by atoms with Crippen LogP contribution < -0.4 is 5.73 Å². The summed E-state index contributed by atoms with van der Waals surface area (Å²) in [6, 6.07) is 7.84. The average molecular weight is 412 g/mol. The second-order valence-corrected chi connectivity index (χ2v) is 9.24. The van der Waals surface area contributed by atoms with E-state index in [1.807, 2.05) is 52.0 Å². The van der Waals surface area contributed by atoms with Crippen molar-refractivity contribution in [2.75, 3.05) is 0 Å². The quantitative estimate of drug-likeness (QED) is 0.703. The van der Waals surface area contributed by atoms with E-state index in [4.69, 9.17) is 10.7 Å². The molecule has 1 aromatic carbocycles. The average Bonchev–Trinajstić information content (AvgIpc) is 2.58. The fourth-order valence-electron chi connectivity index (χ4n) is 3.62. The molecule has 0 saturated heterocycles. The summed E-state index contributed by atoms with van der Waals surface area (Å²) in [5.41, 5.74) is 10.2. The van der Waals surface area contributed by atoms with Gasteiger partial charge in [-0.1, -0.05) is 43.7 Å². The normalized spacial score (nSPS) is 11.6. The minimum Gasteiger partial charge on any atom is -0.465 e. The number of hydrogen-bond donors (Lipinski definition) is 2. The second-order valence-electron chi connectivity index (χ2n) is 9.24. The van der Waals surface area contributed by atoms with E-state index in [1.54, 1.807) is 6.92 Å². The van der Waals surface area contributed by atoms with Crippen LogP contribution in [0.4, 0.5) is 4.79 Å². The van der Waals surface area contributed by atoms with Crippen LogP contribution in [0.25, 0.3) is 11.1 Å². The molecule has 1 heterocycles. The Morgan fingerprint density at radius 1 is 1.13 bits per heavy atom. The molecule has 0 fully saturated rings. The van der Waals surface area contributed by atoms with Crippen molar-refractivity contribution in [1.29, 1.82) is 0 Å². The zero-order valence-electron chi connectivity index (χ0n) is 19.0. The Labute approximate surface area is 179 Å². The van der Waals surface area contributed by atoms with Crippen molar-refractivity contribution < 1.29 is 14.7 Å². The fraction of sp³-hybridized carbons (Fsp3) is 0.458. The minimum atomic E-state index is -1.02. The van der Waals surface area contributed by atoms with Gasteiger partial charge in [0.25, 0.3) is 5.91 Å². The van der Waals surface area contributed by atoms with Gasteiger partial charge in [-0.3, -0.25) is 14.7 Å². The van der Waals surface area contributed by atoms with Gasteiger partial charge >= 0.3 is 6.09 Å². The van der Waals surface area contributed by atoms with Crippen LogP contribution >= 0.6 is 0 Å². The lowest BCUT2D eigenvalue weighted by atomic mass is 9.88. The number of rotatable bonds is 6. The maximum absolute atomic E-state index is 12.4. The number of amides is 2. The number of nitrogens with two attached hydrogens (primary N) is 1. The van der Waals surface area contributed by atoms with E-state index in [0.29, 0.717) is 29.2 Å². The number of primary amides is 1. The van der Waals surface area contributed by atoms with E-state index in [-0.39, 0.29) is 6.54 Å². The first-order chi connectivity index (χ1) is 13.8. The Bertz CT molecular complexity index is 942. The van der Waals surface area contributed by atoms with Crippen LogP contribution in [0, 0.1) is 19.8 Å². The number of carboxylic acid groups (broad SMARTS) is 1. The SMILES string of the molecule is Cc1ccc(-c2c(CN(C(=O)O)C(C)(C)C)c(CC(C)C)nc(C)c2C(N)=O)cc1. The van der Waals surface area contributed by atoms with Gasteiger partial charge in [0, 0.05) is 22.4 Å². The summed E-state index contributed by atoms with van der Waals surface area (Å²) in [5, 5.41) is 9.89. The van der Waals surface area contributed by atoms with Crippen LogP contribution in [-0.4, -0.2) is 32.5 Å². The fourth-order valence-corrected chi connectivity index (χ4v) is 3.62. The minimum absolute atomic E-state index is 0.123. The summed E-state index contributed by atoms with van der Waals surface area (Å²) < 4.78 is 0. The van der Waals surface area contributed by atoms with Gasteiger partial charge in [0.05, 0.1) is 17.8 Å². The lowest BCUT2D eigenvalue weighted by molar-refractivity contribution is 0.0954. The molecule has 6 nitrogen and oxygen atoms in total. The molecule has 2 aromatic rings. The monoisotopic (exact) mass is 411 g/mol. The van der Waals surface area contributed by atoms with Gasteiger partial charge in [0.1, 0.15) is 0 Å². The van der Waals surface area contributed by atoms with E-state index in [2.05, 4.69) is 13.8 Å². The van der Waals surface area contributed by atoms with Crippen LogP contribution in [0.15, 0.2) is 24.3 Å². The molecule has 0 aliphatic rings. The summed E-state index contributed by atoms with van der Waals surface area (Å²) in [5.74, 6) is -0.251. The van der Waals surface area contributed by atoms with Crippen LogP contribution in [0.2, 0.25) is 0 Å². The van der Waals surface area contributed by atoms with Crippen molar-refractivity contribution >= 4 is 12.0 Å². The van der Waals surface area contributed by atoms with Gasteiger partial charge < -0.3 is 10.8 Å². The number of carbonyl (C=O) groups excluding carboxylic acids is 1. The molecule has 0 unspecified atom stereocenters. The zero-order chi connectivity index (χ0) is 22.8. The molecular weight excluding hydrogens is 378 g/mol. The Kier molecular flexibility index (Phi) is 6.91. The second kappa shape index (κ2) is 8.86. The zero-order valence-corrected chi connectivity index (χ0v) is 19.0. The summed E-state index contributed by atoms with van der Waals surface area (Å²) in [6.45, 7) is 13.6. The number of carbonyl (C=O) groups is 2. The molecule has 2 rings (SSSR count). The number of aromatic nitrogens is 1. The first kappa shape index (κ1) is 23.4. The molecule has 0 spiro atoms. The smallest absolute Gasteiger partial charge is 0.408 e. The van der Waals surface area contributed by atoms with Gasteiger partial charge in [-0.2, -0.15) is 0 Å². The lowest BCUT2D eigenvalue weighted by Crippen LogP contribution is -2.44. The lowest BCUT2D eigenvalue weighted by Gasteiger charge is -2.34. The molecule has 0 atom stereocenters. The standard InChI is InChI=1S/C24H33N3O3/c1-14(2)12-19-18(13-27(23(29)30)24(5,6)7)21(17-10-8-15(3)9-11-17)20(22(25)28)16(4)26-19/h8-11,14H,12-13H2,1-7H3,(H2,25,28)(H,29,30). The van der Waals surface area contributed by atoms with Crippen molar-refractivity contribution in [2.45, 2.75) is 67.0 Å². The van der Waals surface area contributed by atoms with Gasteiger partial charge in [0.2, 0.25) is 0 Å². The molecule has 1 aromatic heterocycles. The first-order valence-electron chi connectivity index (χ1n) is 10.2. The molecule has 162 valence electrons. The summed E-state index contributed by atoms with van der Waals surface area (Å²) in [7, 11) is 0. The van der Waals surface area contributed by atoms with Crippen molar-refractivity contribution in [3.63, 3.8) is 0 Å². The van der Waals surface area contributed by atoms with Gasteiger partial charge in [-0.25, -0.2) is 4.79 Å². The highest BCUT2D eigenvalue weighted by atomic mass is 16.4. The van der Waals surface area contributed by atoms with Crippen molar-refractivity contribution in [2.24, 2.45) is 11.7 Å². The maximum Gasteiger partial charge on any atom is 0.408 e. The number of pyridine rings is 1. The van der Waals surface area contributed by atoms with E-state index in [0.717, 1.165) is 22.4 Å². The van der Waals surface area contributed by atoms with E-state index in [1.165, 1.54) is 4.90 Å². The topological polar surface area (TPSA) is 96.5 Å². The maximum atomic E-state index is 12.4. The molecule has 0 aliphatic heterocycles. The molecule has 30 heavy (non-hydrogen) atoms. The Hall–Kier alpha value is -2.89. The predicted molar refractivity (Wildman–Crippen MR) is 120 cm³/mol. The third kappa shape index (κ3) is 5.17. The number of benzene rings is 1. The highest BCUT2D eigenvalue weighted by Gasteiger charge is 2.30. The van der Waals surface area contributed by atoms with Gasteiger partial charge in [-0.05, 0) is 52.5 Å². The van der Waals surface area contributed by atoms with Crippen LogP contribution in [-0.2, 0) is 13.0 Å². The number of hydrogen-bond acceptors (Lipinski definition) is 3.